The van der Waals surface area contributed by atoms with Crippen LogP contribution in [0.25, 0.3) is 34.5 Å². The summed E-state index contributed by atoms with van der Waals surface area (Å²) in [4.78, 5) is 16.9. The van der Waals surface area contributed by atoms with E-state index >= 15 is 0 Å². The van der Waals surface area contributed by atoms with Crippen LogP contribution >= 0.6 is 23.2 Å². The average molecular weight is 701 g/mol. The normalized spacial score (nSPS) is 12.0. The molecule has 7 nitrogen and oxygen atoms in total. The Kier molecular flexibility index (Phi) is 9.81. The Morgan fingerprint density at radius 1 is 0.936 bits per heavy atom. The maximum atomic E-state index is 13.0. The molecule has 0 amide bonds. The van der Waals surface area contributed by atoms with Crippen molar-refractivity contribution in [3.63, 3.8) is 0 Å². The number of methoxy groups -OCH3 is 1. The summed E-state index contributed by atoms with van der Waals surface area (Å²) in [6.45, 7) is 0.157. The summed E-state index contributed by atoms with van der Waals surface area (Å²) in [7, 11) is -2.47. The van der Waals surface area contributed by atoms with Crippen molar-refractivity contribution in [3.05, 3.63) is 129 Å². The van der Waals surface area contributed by atoms with Crippen LogP contribution in [0.3, 0.4) is 0 Å². The second-order valence-corrected chi connectivity index (χ2v) is 13.1. The van der Waals surface area contributed by atoms with Gasteiger partial charge in [-0.2, -0.15) is 13.2 Å². The molecule has 47 heavy (non-hydrogen) atoms. The van der Waals surface area contributed by atoms with Gasteiger partial charge in [-0.3, -0.25) is 4.72 Å². The molecular weight excluding hydrogens is 674 g/mol. The molecule has 0 saturated heterocycles. The van der Waals surface area contributed by atoms with E-state index in [1.807, 2.05) is 18.2 Å². The number of anilines is 1. The Labute approximate surface area is 279 Å². The van der Waals surface area contributed by atoms with E-state index in [0.717, 1.165) is 29.5 Å². The summed E-state index contributed by atoms with van der Waals surface area (Å²) < 4.78 is 72.3. The second-order valence-electron chi connectivity index (χ2n) is 10.5. The topological polar surface area (TPSA) is 90.3 Å². The van der Waals surface area contributed by atoms with Gasteiger partial charge in [0.15, 0.2) is 0 Å². The fraction of sp³-hybridized carbons (Fsp3) is 0.118. The monoisotopic (exact) mass is 699 g/mol. The standard InChI is InChI=1S/C34H26Cl2F3N3O4S/c1-46-33(43)24-8-9-25(30(17-24)41-47(2,44)45)19-42-20-31(28-15-14-27(35)18-29(28)36)40-32(42)16-5-21-3-6-22(7-4-21)23-10-12-26(13-11-23)34(37,38)39/h3-18,20,41H,19H2,1-2H3. The molecule has 242 valence electrons. The summed E-state index contributed by atoms with van der Waals surface area (Å²) in [5, 5.41) is 0.846. The van der Waals surface area contributed by atoms with Gasteiger partial charge in [-0.05, 0) is 70.8 Å². The van der Waals surface area contributed by atoms with Crippen molar-refractivity contribution in [1.29, 1.82) is 0 Å². The molecule has 1 N–H and O–H groups in total. The molecule has 0 saturated carbocycles. The van der Waals surface area contributed by atoms with Crippen LogP contribution in [0.5, 0.6) is 0 Å². The minimum absolute atomic E-state index is 0.157. The van der Waals surface area contributed by atoms with Crippen molar-refractivity contribution in [1.82, 2.24) is 9.55 Å². The lowest BCUT2D eigenvalue weighted by Gasteiger charge is -2.14. The van der Waals surface area contributed by atoms with E-state index in [-0.39, 0.29) is 17.8 Å². The van der Waals surface area contributed by atoms with Gasteiger partial charge < -0.3 is 9.30 Å². The van der Waals surface area contributed by atoms with Crippen LogP contribution in [0.15, 0.2) is 91.1 Å². The molecule has 0 spiro atoms. The van der Waals surface area contributed by atoms with E-state index in [0.29, 0.717) is 38.3 Å². The zero-order valence-electron chi connectivity index (χ0n) is 24.8. The lowest BCUT2D eigenvalue weighted by Crippen LogP contribution is -2.14. The van der Waals surface area contributed by atoms with Crippen LogP contribution in [-0.2, 0) is 27.5 Å². The molecule has 0 aliphatic rings. The third-order valence-corrected chi connectivity index (χ3v) is 8.20. The molecule has 0 fully saturated rings. The molecule has 0 aliphatic heterocycles. The first-order valence-electron chi connectivity index (χ1n) is 13.9. The number of imidazole rings is 1. The van der Waals surface area contributed by atoms with Crippen molar-refractivity contribution in [2.24, 2.45) is 0 Å². The number of halogens is 5. The van der Waals surface area contributed by atoms with Crippen LogP contribution in [0.1, 0.15) is 32.9 Å². The van der Waals surface area contributed by atoms with Crippen LogP contribution in [0.2, 0.25) is 10.0 Å². The third-order valence-electron chi connectivity index (χ3n) is 7.06. The molecule has 5 rings (SSSR count). The zero-order valence-corrected chi connectivity index (χ0v) is 27.2. The smallest absolute Gasteiger partial charge is 0.416 e. The highest BCUT2D eigenvalue weighted by Crippen LogP contribution is 2.33. The number of benzene rings is 4. The number of rotatable bonds is 9. The number of nitrogens with zero attached hydrogens (tertiary/aromatic N) is 2. The van der Waals surface area contributed by atoms with Gasteiger partial charge in [-0.25, -0.2) is 18.2 Å². The summed E-state index contributed by atoms with van der Waals surface area (Å²) in [5.41, 5.74) is 3.55. The van der Waals surface area contributed by atoms with Gasteiger partial charge in [0.1, 0.15) is 5.82 Å². The zero-order chi connectivity index (χ0) is 33.9. The van der Waals surface area contributed by atoms with E-state index in [2.05, 4.69) is 4.72 Å². The lowest BCUT2D eigenvalue weighted by molar-refractivity contribution is -0.137. The second kappa shape index (κ2) is 13.6. The predicted octanol–water partition coefficient (Wildman–Crippen LogP) is 8.92. The Morgan fingerprint density at radius 2 is 1.60 bits per heavy atom. The minimum atomic E-state index is -4.41. The predicted molar refractivity (Wildman–Crippen MR) is 179 cm³/mol. The highest BCUT2D eigenvalue weighted by molar-refractivity contribution is 7.92. The van der Waals surface area contributed by atoms with Gasteiger partial charge in [0, 0.05) is 16.8 Å². The summed E-state index contributed by atoms with van der Waals surface area (Å²) in [6.07, 6.45) is 1.96. The highest BCUT2D eigenvalue weighted by Gasteiger charge is 2.30. The van der Waals surface area contributed by atoms with Gasteiger partial charge >= 0.3 is 12.1 Å². The Bertz CT molecular complexity index is 2080. The molecule has 0 aliphatic carbocycles. The van der Waals surface area contributed by atoms with E-state index in [4.69, 9.17) is 32.9 Å². The van der Waals surface area contributed by atoms with Crippen molar-refractivity contribution in [2.45, 2.75) is 12.7 Å². The molecule has 1 heterocycles. The molecule has 0 radical (unpaired) electrons. The van der Waals surface area contributed by atoms with Crippen molar-refractivity contribution in [2.75, 3.05) is 18.1 Å². The molecule has 0 atom stereocenters. The summed E-state index contributed by atoms with van der Waals surface area (Å²) in [5.74, 6) is -0.122. The quantitative estimate of drug-likeness (QED) is 0.155. The average Bonchev–Trinajstić information content (AvgIpc) is 3.41. The summed E-state index contributed by atoms with van der Waals surface area (Å²) >= 11 is 12.6. The minimum Gasteiger partial charge on any atom is -0.465 e. The van der Waals surface area contributed by atoms with Crippen molar-refractivity contribution < 1.29 is 31.1 Å². The molecule has 4 aromatic carbocycles. The number of esters is 1. The number of carbonyl (C=O) groups is 1. The summed E-state index contributed by atoms with van der Waals surface area (Å²) in [6, 6.07) is 21.8. The molecule has 0 unspecified atom stereocenters. The Hall–Kier alpha value is -4.58. The number of ether oxygens (including phenoxy) is 1. The molecule has 1 aromatic heterocycles. The number of hydrogen-bond acceptors (Lipinski definition) is 5. The third kappa shape index (κ3) is 8.42. The van der Waals surface area contributed by atoms with Crippen molar-refractivity contribution >= 4 is 57.0 Å². The maximum Gasteiger partial charge on any atom is 0.416 e. The number of hydrogen-bond donors (Lipinski definition) is 1. The van der Waals surface area contributed by atoms with Gasteiger partial charge in [-0.15, -0.1) is 0 Å². The number of sulfonamides is 1. The van der Waals surface area contributed by atoms with Gasteiger partial charge in [0.2, 0.25) is 10.0 Å². The number of carbonyl (C=O) groups excluding carboxylic acids is 1. The van der Waals surface area contributed by atoms with Crippen molar-refractivity contribution in [3.8, 4) is 22.4 Å². The molecule has 0 bridgehead atoms. The first-order valence-corrected chi connectivity index (χ1v) is 16.5. The first-order chi connectivity index (χ1) is 22.2. The van der Waals surface area contributed by atoms with Crippen LogP contribution < -0.4 is 4.72 Å². The first kappa shape index (κ1) is 33.8. The van der Waals surface area contributed by atoms with Gasteiger partial charge in [0.05, 0.1) is 47.4 Å². The largest absolute Gasteiger partial charge is 0.465 e. The Morgan fingerprint density at radius 3 is 2.19 bits per heavy atom. The highest BCUT2D eigenvalue weighted by atomic mass is 35.5. The maximum absolute atomic E-state index is 13.0. The van der Waals surface area contributed by atoms with Crippen LogP contribution in [0.4, 0.5) is 18.9 Å². The van der Waals surface area contributed by atoms with E-state index in [1.54, 1.807) is 53.2 Å². The molecular formula is C34H26Cl2F3N3O4S. The number of alkyl halides is 3. The number of nitrogens with one attached hydrogen (secondary N) is 1. The number of aromatic nitrogens is 2. The van der Waals surface area contributed by atoms with Crippen LogP contribution in [0, 0.1) is 0 Å². The van der Waals surface area contributed by atoms with Gasteiger partial charge in [-0.1, -0.05) is 71.7 Å². The SMILES string of the molecule is COC(=O)c1ccc(Cn2cc(-c3ccc(Cl)cc3Cl)nc2C=Cc2ccc(-c3ccc(C(F)(F)F)cc3)cc2)c(NS(C)(=O)=O)c1. The molecule has 13 heteroatoms. The molecule has 5 aromatic rings. The van der Waals surface area contributed by atoms with E-state index in [9.17, 15) is 26.4 Å². The fourth-order valence-corrected chi connectivity index (χ4v) is 5.86. The lowest BCUT2D eigenvalue weighted by atomic mass is 10.0. The van der Waals surface area contributed by atoms with Crippen LogP contribution in [-0.4, -0.2) is 37.3 Å². The fourth-order valence-electron chi connectivity index (χ4n) is 4.76. The Balaban J connectivity index is 1.50. The van der Waals surface area contributed by atoms with E-state index in [1.165, 1.54) is 31.4 Å². The van der Waals surface area contributed by atoms with E-state index < -0.39 is 27.7 Å². The van der Waals surface area contributed by atoms with Gasteiger partial charge in [0.25, 0.3) is 0 Å².